The van der Waals surface area contributed by atoms with E-state index in [0.29, 0.717) is 29.5 Å². The third kappa shape index (κ3) is 5.87. The molecule has 1 N–H and O–H groups in total. The largest absolute Gasteiger partial charge is 0.313 e. The number of nitrogens with one attached hydrogen (secondary N) is 1. The maximum Gasteiger partial charge on any atom is 0.0243 e. The van der Waals surface area contributed by atoms with Gasteiger partial charge in [0.1, 0.15) is 0 Å². The standard InChI is InChI=1S/C15H34N2/c1-11(2)14(10-16-12(3)4)17(9)13(5)15(6,7)8/h11-14,16H,10H2,1-9H3. The van der Waals surface area contributed by atoms with Gasteiger partial charge in [-0.25, -0.2) is 0 Å². The molecule has 0 aromatic rings. The van der Waals surface area contributed by atoms with Crippen molar-refractivity contribution in [3.05, 3.63) is 0 Å². The van der Waals surface area contributed by atoms with Crippen LogP contribution in [0.5, 0.6) is 0 Å². The molecule has 0 radical (unpaired) electrons. The van der Waals surface area contributed by atoms with Crippen molar-refractivity contribution in [3.63, 3.8) is 0 Å². The average Bonchev–Trinajstić information content (AvgIpc) is 2.13. The Bertz CT molecular complexity index is 203. The third-order valence-electron chi connectivity index (χ3n) is 3.89. The molecule has 2 heteroatoms. The van der Waals surface area contributed by atoms with Gasteiger partial charge in [0.25, 0.3) is 0 Å². The highest BCUT2D eigenvalue weighted by Crippen LogP contribution is 2.26. The fourth-order valence-electron chi connectivity index (χ4n) is 2.10. The van der Waals surface area contributed by atoms with Crippen LogP contribution in [-0.2, 0) is 0 Å². The van der Waals surface area contributed by atoms with Crippen molar-refractivity contribution in [1.82, 2.24) is 10.2 Å². The highest BCUT2D eigenvalue weighted by molar-refractivity contribution is 4.85. The quantitative estimate of drug-likeness (QED) is 0.768. The molecule has 0 amide bonds. The van der Waals surface area contributed by atoms with Gasteiger partial charge in [0, 0.05) is 24.7 Å². The summed E-state index contributed by atoms with van der Waals surface area (Å²) in [6.45, 7) is 19.4. The lowest BCUT2D eigenvalue weighted by molar-refractivity contribution is 0.0734. The molecular formula is C15H34N2. The fraction of sp³-hybridized carbons (Fsp3) is 1.00. The Balaban J connectivity index is 4.59. The van der Waals surface area contributed by atoms with Crippen LogP contribution < -0.4 is 5.32 Å². The van der Waals surface area contributed by atoms with Gasteiger partial charge < -0.3 is 5.32 Å². The lowest BCUT2D eigenvalue weighted by atomic mass is 9.85. The van der Waals surface area contributed by atoms with E-state index in [4.69, 9.17) is 0 Å². The first-order chi connectivity index (χ1) is 7.57. The van der Waals surface area contributed by atoms with Crippen molar-refractivity contribution in [3.8, 4) is 0 Å². The van der Waals surface area contributed by atoms with Crippen LogP contribution in [0.15, 0.2) is 0 Å². The molecule has 0 saturated carbocycles. The highest BCUT2D eigenvalue weighted by atomic mass is 15.2. The van der Waals surface area contributed by atoms with E-state index in [1.165, 1.54) is 0 Å². The molecule has 0 rings (SSSR count). The Morgan fingerprint density at radius 1 is 1.00 bits per heavy atom. The van der Waals surface area contributed by atoms with Gasteiger partial charge in [0.2, 0.25) is 0 Å². The molecule has 0 heterocycles. The van der Waals surface area contributed by atoms with Crippen LogP contribution in [0.2, 0.25) is 0 Å². The van der Waals surface area contributed by atoms with Gasteiger partial charge in [-0.1, -0.05) is 48.5 Å². The molecule has 0 aliphatic heterocycles. The van der Waals surface area contributed by atoms with Crippen molar-refractivity contribution in [1.29, 1.82) is 0 Å². The number of hydrogen-bond acceptors (Lipinski definition) is 2. The molecule has 2 atom stereocenters. The SMILES string of the molecule is CC(C)NCC(C(C)C)N(C)C(C)C(C)(C)C. The van der Waals surface area contributed by atoms with Gasteiger partial charge in [-0.3, -0.25) is 4.90 Å². The summed E-state index contributed by atoms with van der Waals surface area (Å²) in [6, 6.07) is 1.75. The van der Waals surface area contributed by atoms with Crippen molar-refractivity contribution in [2.24, 2.45) is 11.3 Å². The second-order valence-electron chi connectivity index (χ2n) is 7.08. The van der Waals surface area contributed by atoms with Crippen LogP contribution in [0.25, 0.3) is 0 Å². The topological polar surface area (TPSA) is 15.3 Å². The summed E-state index contributed by atoms with van der Waals surface area (Å²) in [4.78, 5) is 2.54. The molecular weight excluding hydrogens is 208 g/mol. The van der Waals surface area contributed by atoms with E-state index >= 15 is 0 Å². The summed E-state index contributed by atoms with van der Waals surface area (Å²) in [6.07, 6.45) is 0. The van der Waals surface area contributed by atoms with Crippen molar-refractivity contribution >= 4 is 0 Å². The predicted molar refractivity (Wildman–Crippen MR) is 78.4 cm³/mol. The second-order valence-corrected chi connectivity index (χ2v) is 7.08. The van der Waals surface area contributed by atoms with Crippen LogP contribution in [0, 0.1) is 11.3 Å². The Hall–Kier alpha value is -0.0800. The van der Waals surface area contributed by atoms with E-state index in [9.17, 15) is 0 Å². The van der Waals surface area contributed by atoms with E-state index in [2.05, 4.69) is 72.7 Å². The van der Waals surface area contributed by atoms with Crippen molar-refractivity contribution in [2.45, 2.75) is 73.5 Å². The van der Waals surface area contributed by atoms with Crippen LogP contribution in [0.4, 0.5) is 0 Å². The van der Waals surface area contributed by atoms with Gasteiger partial charge in [-0.15, -0.1) is 0 Å². The number of nitrogens with zero attached hydrogens (tertiary/aromatic N) is 1. The Kier molecular flexibility index (Phi) is 6.71. The van der Waals surface area contributed by atoms with Crippen LogP contribution in [0.3, 0.4) is 0 Å². The zero-order valence-electron chi connectivity index (χ0n) is 13.5. The predicted octanol–water partition coefficient (Wildman–Crippen LogP) is 3.38. The summed E-state index contributed by atoms with van der Waals surface area (Å²) >= 11 is 0. The molecule has 0 bridgehead atoms. The summed E-state index contributed by atoms with van der Waals surface area (Å²) in [5, 5.41) is 3.57. The molecule has 0 aliphatic rings. The minimum Gasteiger partial charge on any atom is -0.313 e. The van der Waals surface area contributed by atoms with Crippen LogP contribution in [0.1, 0.15) is 55.4 Å². The molecule has 0 aromatic carbocycles. The molecule has 0 aliphatic carbocycles. The third-order valence-corrected chi connectivity index (χ3v) is 3.89. The van der Waals surface area contributed by atoms with E-state index in [-0.39, 0.29) is 0 Å². The maximum atomic E-state index is 3.57. The van der Waals surface area contributed by atoms with Gasteiger partial charge in [-0.05, 0) is 25.3 Å². The molecule has 0 fully saturated rings. The van der Waals surface area contributed by atoms with Gasteiger partial charge in [0.05, 0.1) is 0 Å². The molecule has 0 spiro atoms. The first-order valence-electron chi connectivity index (χ1n) is 7.02. The Morgan fingerprint density at radius 2 is 1.47 bits per heavy atom. The highest BCUT2D eigenvalue weighted by Gasteiger charge is 2.29. The number of hydrogen-bond donors (Lipinski definition) is 1. The van der Waals surface area contributed by atoms with E-state index in [1.54, 1.807) is 0 Å². The zero-order valence-corrected chi connectivity index (χ0v) is 13.5. The first-order valence-corrected chi connectivity index (χ1v) is 7.02. The van der Waals surface area contributed by atoms with Crippen LogP contribution in [-0.4, -0.2) is 36.6 Å². The molecule has 0 saturated heterocycles. The average molecular weight is 242 g/mol. The lowest BCUT2D eigenvalue weighted by Crippen LogP contribution is -2.52. The molecule has 104 valence electrons. The monoisotopic (exact) mass is 242 g/mol. The fourth-order valence-corrected chi connectivity index (χ4v) is 2.10. The molecule has 2 unspecified atom stereocenters. The van der Waals surface area contributed by atoms with Gasteiger partial charge in [0.15, 0.2) is 0 Å². The summed E-state index contributed by atoms with van der Waals surface area (Å²) in [5.41, 5.74) is 0.333. The van der Waals surface area contributed by atoms with Crippen LogP contribution >= 0.6 is 0 Å². The minimum atomic E-state index is 0.333. The summed E-state index contributed by atoms with van der Waals surface area (Å²) < 4.78 is 0. The van der Waals surface area contributed by atoms with E-state index in [1.807, 2.05) is 0 Å². The number of likely N-dealkylation sites (N-methyl/N-ethyl adjacent to an activating group) is 1. The normalized spacial score (nSPS) is 16.9. The maximum absolute atomic E-state index is 3.57. The summed E-state index contributed by atoms with van der Waals surface area (Å²) in [5.74, 6) is 0.677. The lowest BCUT2D eigenvalue weighted by Gasteiger charge is -2.42. The number of rotatable bonds is 6. The summed E-state index contributed by atoms with van der Waals surface area (Å²) in [7, 11) is 2.27. The molecule has 2 nitrogen and oxygen atoms in total. The second kappa shape index (κ2) is 6.75. The Morgan fingerprint density at radius 3 is 1.76 bits per heavy atom. The Labute approximate surface area is 109 Å². The zero-order chi connectivity index (χ0) is 13.8. The molecule has 0 aromatic heterocycles. The smallest absolute Gasteiger partial charge is 0.0243 e. The minimum absolute atomic E-state index is 0.333. The van der Waals surface area contributed by atoms with Crippen molar-refractivity contribution < 1.29 is 0 Å². The van der Waals surface area contributed by atoms with Gasteiger partial charge >= 0.3 is 0 Å². The van der Waals surface area contributed by atoms with E-state index < -0.39 is 0 Å². The van der Waals surface area contributed by atoms with Crippen molar-refractivity contribution in [2.75, 3.05) is 13.6 Å². The van der Waals surface area contributed by atoms with E-state index in [0.717, 1.165) is 6.54 Å². The molecule has 17 heavy (non-hydrogen) atoms. The van der Waals surface area contributed by atoms with Gasteiger partial charge in [-0.2, -0.15) is 0 Å². The first kappa shape index (κ1) is 16.9.